The minimum atomic E-state index is -0.154. The first-order valence-electron chi connectivity index (χ1n) is 3.62. The monoisotopic (exact) mass is 152 g/mol. The van der Waals surface area contributed by atoms with Crippen molar-refractivity contribution in [2.24, 2.45) is 0 Å². The Morgan fingerprint density at radius 3 is 3.00 bits per heavy atom. The van der Waals surface area contributed by atoms with Crippen molar-refractivity contribution in [1.29, 1.82) is 0 Å². The van der Waals surface area contributed by atoms with Gasteiger partial charge in [-0.25, -0.2) is 4.39 Å². The molecule has 0 saturated carbocycles. The third kappa shape index (κ3) is 0.942. The summed E-state index contributed by atoms with van der Waals surface area (Å²) in [7, 11) is 1.68. The van der Waals surface area contributed by atoms with Gasteiger partial charge in [-0.2, -0.15) is 0 Å². The summed E-state index contributed by atoms with van der Waals surface area (Å²) in [5.74, 6) is -0.154. The van der Waals surface area contributed by atoms with Gasteiger partial charge in [-0.3, -0.25) is 0 Å². The van der Waals surface area contributed by atoms with Crippen LogP contribution in [-0.4, -0.2) is 7.11 Å². The van der Waals surface area contributed by atoms with Gasteiger partial charge in [-0.15, -0.1) is 0 Å². The van der Waals surface area contributed by atoms with E-state index in [1.165, 1.54) is 6.07 Å². The van der Waals surface area contributed by atoms with Crippen molar-refractivity contribution in [2.45, 2.75) is 12.5 Å². The number of benzene rings is 1. The second-order valence-electron chi connectivity index (χ2n) is 2.77. The lowest BCUT2D eigenvalue weighted by molar-refractivity contribution is 0.0842. The molecular formula is C9H9FO. The van der Waals surface area contributed by atoms with Crippen molar-refractivity contribution in [3.63, 3.8) is 0 Å². The van der Waals surface area contributed by atoms with Crippen LogP contribution >= 0.6 is 0 Å². The molecule has 11 heavy (non-hydrogen) atoms. The largest absolute Gasteiger partial charge is 0.376 e. The smallest absolute Gasteiger partial charge is 0.123 e. The van der Waals surface area contributed by atoms with Gasteiger partial charge in [-0.1, -0.05) is 6.07 Å². The maximum atomic E-state index is 12.6. The van der Waals surface area contributed by atoms with E-state index in [1.807, 2.05) is 0 Å². The lowest BCUT2D eigenvalue weighted by Gasteiger charge is -2.28. The lowest BCUT2D eigenvalue weighted by atomic mass is 9.85. The van der Waals surface area contributed by atoms with Gasteiger partial charge < -0.3 is 4.74 Å². The molecule has 0 N–H and O–H groups in total. The topological polar surface area (TPSA) is 9.23 Å². The SMILES string of the molecule is COC1Cc2cc(F)ccc21. The molecule has 0 aliphatic heterocycles. The lowest BCUT2D eigenvalue weighted by Crippen LogP contribution is -2.18. The number of ether oxygens (including phenoxy) is 1. The molecule has 0 heterocycles. The van der Waals surface area contributed by atoms with Crippen molar-refractivity contribution in [3.8, 4) is 0 Å². The van der Waals surface area contributed by atoms with E-state index in [9.17, 15) is 4.39 Å². The van der Waals surface area contributed by atoms with Gasteiger partial charge in [0.2, 0.25) is 0 Å². The Bertz CT molecular complexity index is 283. The summed E-state index contributed by atoms with van der Waals surface area (Å²) in [6, 6.07) is 4.84. The van der Waals surface area contributed by atoms with E-state index in [4.69, 9.17) is 4.74 Å². The molecule has 0 radical (unpaired) electrons. The molecule has 1 unspecified atom stereocenters. The van der Waals surface area contributed by atoms with Crippen molar-refractivity contribution < 1.29 is 9.13 Å². The third-order valence-corrected chi connectivity index (χ3v) is 2.14. The fourth-order valence-corrected chi connectivity index (χ4v) is 1.45. The molecule has 1 aliphatic carbocycles. The molecule has 0 spiro atoms. The first-order chi connectivity index (χ1) is 5.31. The first kappa shape index (κ1) is 6.80. The van der Waals surface area contributed by atoms with E-state index in [2.05, 4.69) is 0 Å². The van der Waals surface area contributed by atoms with E-state index in [0.29, 0.717) is 0 Å². The van der Waals surface area contributed by atoms with Gasteiger partial charge in [-0.05, 0) is 23.3 Å². The quantitative estimate of drug-likeness (QED) is 0.598. The van der Waals surface area contributed by atoms with Gasteiger partial charge in [0.1, 0.15) is 5.82 Å². The van der Waals surface area contributed by atoms with E-state index < -0.39 is 0 Å². The second-order valence-corrected chi connectivity index (χ2v) is 2.77. The zero-order valence-electron chi connectivity index (χ0n) is 6.30. The van der Waals surface area contributed by atoms with Crippen LogP contribution in [-0.2, 0) is 11.2 Å². The normalized spacial score (nSPS) is 20.7. The van der Waals surface area contributed by atoms with Gasteiger partial charge >= 0.3 is 0 Å². The molecule has 0 aromatic heterocycles. The Labute approximate surface area is 64.8 Å². The zero-order chi connectivity index (χ0) is 7.84. The molecule has 1 aromatic carbocycles. The van der Waals surface area contributed by atoms with Gasteiger partial charge in [0.25, 0.3) is 0 Å². The fraction of sp³-hybridized carbons (Fsp3) is 0.333. The third-order valence-electron chi connectivity index (χ3n) is 2.14. The second kappa shape index (κ2) is 2.31. The van der Waals surface area contributed by atoms with Crippen molar-refractivity contribution in [2.75, 3.05) is 7.11 Å². The molecule has 0 fully saturated rings. The predicted octanol–water partition coefficient (Wildman–Crippen LogP) is 2.07. The maximum Gasteiger partial charge on any atom is 0.123 e. The standard InChI is InChI=1S/C9H9FO/c1-11-9-5-6-4-7(10)2-3-8(6)9/h2-4,9H,5H2,1H3. The molecule has 1 aliphatic rings. The average molecular weight is 152 g/mol. The van der Waals surface area contributed by atoms with Crippen LogP contribution in [0.4, 0.5) is 4.39 Å². The first-order valence-corrected chi connectivity index (χ1v) is 3.62. The van der Waals surface area contributed by atoms with Crippen LogP contribution in [0.2, 0.25) is 0 Å². The minimum Gasteiger partial charge on any atom is -0.376 e. The highest BCUT2D eigenvalue weighted by molar-refractivity contribution is 5.38. The molecule has 2 rings (SSSR count). The Hall–Kier alpha value is -0.890. The molecule has 0 bridgehead atoms. The number of fused-ring (bicyclic) bond motifs is 1. The number of hydrogen-bond donors (Lipinski definition) is 0. The molecule has 1 aromatic rings. The molecule has 2 heteroatoms. The zero-order valence-corrected chi connectivity index (χ0v) is 6.30. The van der Waals surface area contributed by atoms with Crippen molar-refractivity contribution in [3.05, 3.63) is 35.1 Å². The average Bonchev–Trinajstić information content (AvgIpc) is 1.95. The predicted molar refractivity (Wildman–Crippen MR) is 39.9 cm³/mol. The summed E-state index contributed by atoms with van der Waals surface area (Å²) in [5.41, 5.74) is 2.21. The van der Waals surface area contributed by atoms with Crippen LogP contribution in [0.5, 0.6) is 0 Å². The fourth-order valence-electron chi connectivity index (χ4n) is 1.45. The highest BCUT2D eigenvalue weighted by Crippen LogP contribution is 2.35. The van der Waals surface area contributed by atoms with Crippen molar-refractivity contribution >= 4 is 0 Å². The summed E-state index contributed by atoms with van der Waals surface area (Å²) in [4.78, 5) is 0. The maximum absolute atomic E-state index is 12.6. The van der Waals surface area contributed by atoms with E-state index >= 15 is 0 Å². The summed E-state index contributed by atoms with van der Waals surface area (Å²) in [5, 5.41) is 0. The number of methoxy groups -OCH3 is 1. The number of rotatable bonds is 1. The molecule has 0 amide bonds. The van der Waals surface area contributed by atoms with E-state index in [1.54, 1.807) is 19.2 Å². The molecular weight excluding hydrogens is 143 g/mol. The van der Waals surface area contributed by atoms with Crippen LogP contribution in [0.15, 0.2) is 18.2 Å². The van der Waals surface area contributed by atoms with Crippen LogP contribution in [0.1, 0.15) is 17.2 Å². The van der Waals surface area contributed by atoms with Crippen LogP contribution in [0.3, 0.4) is 0 Å². The molecule has 0 saturated heterocycles. The molecule has 1 nitrogen and oxygen atoms in total. The van der Waals surface area contributed by atoms with Crippen LogP contribution < -0.4 is 0 Å². The Morgan fingerprint density at radius 2 is 2.36 bits per heavy atom. The van der Waals surface area contributed by atoms with E-state index in [-0.39, 0.29) is 11.9 Å². The Balaban J connectivity index is 2.35. The van der Waals surface area contributed by atoms with Gasteiger partial charge in [0.15, 0.2) is 0 Å². The molecule has 58 valence electrons. The number of hydrogen-bond acceptors (Lipinski definition) is 1. The van der Waals surface area contributed by atoms with Crippen molar-refractivity contribution in [1.82, 2.24) is 0 Å². The summed E-state index contributed by atoms with van der Waals surface area (Å²) >= 11 is 0. The van der Waals surface area contributed by atoms with Gasteiger partial charge in [0.05, 0.1) is 6.10 Å². The minimum absolute atomic E-state index is 0.154. The van der Waals surface area contributed by atoms with Gasteiger partial charge in [0, 0.05) is 13.5 Å². The summed E-state index contributed by atoms with van der Waals surface area (Å²) in [6.45, 7) is 0. The molecule has 1 atom stereocenters. The summed E-state index contributed by atoms with van der Waals surface area (Å²) < 4.78 is 17.7. The van der Waals surface area contributed by atoms with Crippen LogP contribution in [0, 0.1) is 5.82 Å². The van der Waals surface area contributed by atoms with E-state index in [0.717, 1.165) is 17.5 Å². The highest BCUT2D eigenvalue weighted by atomic mass is 19.1. The highest BCUT2D eigenvalue weighted by Gasteiger charge is 2.25. The Morgan fingerprint density at radius 1 is 1.55 bits per heavy atom. The summed E-state index contributed by atoms with van der Waals surface area (Å²) in [6.07, 6.45) is 1.05. The Kier molecular flexibility index (Phi) is 1.43. The van der Waals surface area contributed by atoms with Crippen LogP contribution in [0.25, 0.3) is 0 Å². The number of halogens is 1.